The molecule has 0 spiro atoms. The van der Waals surface area contributed by atoms with Crippen LogP contribution in [0.1, 0.15) is 0 Å². The van der Waals surface area contributed by atoms with Gasteiger partial charge in [-0.15, -0.1) is 0 Å². The molecule has 0 saturated carbocycles. The van der Waals surface area contributed by atoms with Crippen LogP contribution in [-0.4, -0.2) is 14.5 Å². The van der Waals surface area contributed by atoms with Crippen molar-refractivity contribution in [1.82, 2.24) is 14.5 Å². The second-order valence-corrected chi connectivity index (χ2v) is 3.55. The molecule has 2 aromatic heterocycles. The van der Waals surface area contributed by atoms with Crippen molar-refractivity contribution >= 4 is 26.8 Å². The Kier molecular flexibility index (Phi) is 3.15. The van der Waals surface area contributed by atoms with Crippen LogP contribution in [0.25, 0.3) is 10.3 Å². The molecule has 0 radical (unpaired) electrons. The predicted octanol–water partition coefficient (Wildman–Crippen LogP) is -3.73. The minimum Gasteiger partial charge on any atom is -0.375 e. The maximum Gasteiger partial charge on any atom is 1.00 e. The first-order valence-electron chi connectivity index (χ1n) is 3.45. The molecule has 0 aliphatic rings. The number of nitrogens with one attached hydrogen (secondary N) is 1. The number of aromatic amines is 1. The summed E-state index contributed by atoms with van der Waals surface area (Å²) in [6.45, 7) is 0. The number of thiazole rings is 1. The number of fused-ring (bicyclic) bond motifs is 1. The molecule has 68 valence electrons. The molecule has 2 heterocycles. The van der Waals surface area contributed by atoms with Gasteiger partial charge in [0, 0.05) is 7.05 Å². The van der Waals surface area contributed by atoms with E-state index < -0.39 is 11.2 Å². The van der Waals surface area contributed by atoms with Crippen LogP contribution in [0.2, 0.25) is 0 Å². The Labute approximate surface area is 104 Å². The summed E-state index contributed by atoms with van der Waals surface area (Å²) >= 11 is 1.06. The van der Waals surface area contributed by atoms with Crippen molar-refractivity contribution in [3.05, 3.63) is 20.8 Å². The fourth-order valence-corrected chi connectivity index (χ4v) is 1.80. The van der Waals surface area contributed by atoms with Crippen LogP contribution in [0.3, 0.4) is 0 Å². The molecule has 2 aromatic rings. The summed E-state index contributed by atoms with van der Waals surface area (Å²) in [5.41, 5.74) is 4.83. The number of nitrogens with zero attached hydrogens (tertiary/aromatic N) is 2. The number of aryl methyl sites for hydroxylation is 1. The molecule has 0 fully saturated rings. The third kappa shape index (κ3) is 1.63. The van der Waals surface area contributed by atoms with Crippen LogP contribution >= 0.6 is 11.3 Å². The number of anilines is 1. The van der Waals surface area contributed by atoms with Gasteiger partial charge in [-0.1, -0.05) is 11.3 Å². The summed E-state index contributed by atoms with van der Waals surface area (Å²) in [5.74, 6) is 0. The maximum atomic E-state index is 11.2. The zero-order valence-electron chi connectivity index (χ0n) is 7.70. The Morgan fingerprint density at radius 1 is 1.50 bits per heavy atom. The van der Waals surface area contributed by atoms with E-state index in [4.69, 9.17) is 5.73 Å². The number of hydrogen-bond acceptors (Lipinski definition) is 5. The van der Waals surface area contributed by atoms with Crippen LogP contribution in [0.5, 0.6) is 0 Å². The van der Waals surface area contributed by atoms with Crippen molar-refractivity contribution in [3.8, 4) is 0 Å². The Morgan fingerprint density at radius 3 is 2.79 bits per heavy atom. The Balaban J connectivity index is 0.000000980. The Bertz CT molecular complexity index is 584. The van der Waals surface area contributed by atoms with Crippen LogP contribution in [0.15, 0.2) is 9.59 Å². The fourth-order valence-electron chi connectivity index (χ4n) is 1.04. The summed E-state index contributed by atoms with van der Waals surface area (Å²) in [6.07, 6.45) is 0. The van der Waals surface area contributed by atoms with Crippen molar-refractivity contribution in [2.24, 2.45) is 7.05 Å². The number of hydrogen-bond donors (Lipinski definition) is 2. The molecule has 0 aliphatic carbocycles. The molecule has 0 aliphatic heterocycles. The summed E-state index contributed by atoms with van der Waals surface area (Å²) in [6, 6.07) is 0. The molecular formula is C6H6N4NaO2S+. The van der Waals surface area contributed by atoms with Crippen LogP contribution < -0.4 is 46.5 Å². The maximum absolute atomic E-state index is 11.2. The van der Waals surface area contributed by atoms with Gasteiger partial charge in [-0.05, 0) is 0 Å². The monoisotopic (exact) mass is 221 g/mol. The largest absolute Gasteiger partial charge is 1.00 e. The zero-order valence-corrected chi connectivity index (χ0v) is 10.5. The van der Waals surface area contributed by atoms with Crippen molar-refractivity contribution in [2.45, 2.75) is 0 Å². The number of H-pyrrole nitrogens is 1. The number of nitrogen functional groups attached to an aromatic ring is 1. The zero-order chi connectivity index (χ0) is 9.59. The van der Waals surface area contributed by atoms with Gasteiger partial charge in [-0.3, -0.25) is 14.3 Å². The third-order valence-electron chi connectivity index (χ3n) is 1.67. The summed E-state index contributed by atoms with van der Waals surface area (Å²) < 4.78 is 1.63. The van der Waals surface area contributed by atoms with E-state index >= 15 is 0 Å². The average Bonchev–Trinajstić information content (AvgIpc) is 2.44. The van der Waals surface area contributed by atoms with Gasteiger partial charge in [-0.2, -0.15) is 0 Å². The smallest absolute Gasteiger partial charge is 0.375 e. The first-order valence-corrected chi connectivity index (χ1v) is 4.26. The van der Waals surface area contributed by atoms with E-state index in [-0.39, 0.29) is 34.7 Å². The van der Waals surface area contributed by atoms with Crippen molar-refractivity contribution < 1.29 is 29.6 Å². The van der Waals surface area contributed by atoms with Crippen molar-refractivity contribution in [2.75, 3.05) is 5.73 Å². The number of aromatic nitrogens is 3. The molecule has 8 heteroatoms. The van der Waals surface area contributed by atoms with Gasteiger partial charge in [-0.25, -0.2) is 9.78 Å². The van der Waals surface area contributed by atoms with Gasteiger partial charge >= 0.3 is 35.2 Å². The SMILES string of the molecule is Cn1c(=O)[nH]c(=O)c2sc(N)nc21.[Na+]. The average molecular weight is 221 g/mol. The van der Waals surface area contributed by atoms with Gasteiger partial charge in [0.2, 0.25) is 0 Å². The molecule has 0 amide bonds. The molecule has 3 N–H and O–H groups in total. The quantitative estimate of drug-likeness (QED) is 0.447. The first-order chi connectivity index (χ1) is 6.09. The minimum absolute atomic E-state index is 0. The second kappa shape index (κ2) is 3.85. The van der Waals surface area contributed by atoms with Crippen molar-refractivity contribution in [1.29, 1.82) is 0 Å². The van der Waals surface area contributed by atoms with E-state index in [0.29, 0.717) is 10.3 Å². The van der Waals surface area contributed by atoms with E-state index in [2.05, 4.69) is 9.97 Å². The van der Waals surface area contributed by atoms with Gasteiger partial charge in [0.25, 0.3) is 5.56 Å². The molecule has 0 unspecified atom stereocenters. The number of rotatable bonds is 0. The number of nitrogens with two attached hydrogens (primary N) is 1. The summed E-state index contributed by atoms with van der Waals surface area (Å²) in [4.78, 5) is 28.3. The molecule has 0 bridgehead atoms. The van der Waals surface area contributed by atoms with Gasteiger partial charge < -0.3 is 5.73 Å². The molecule has 14 heavy (non-hydrogen) atoms. The van der Waals surface area contributed by atoms with E-state index in [1.165, 1.54) is 11.6 Å². The minimum atomic E-state index is -0.484. The molecule has 6 nitrogen and oxygen atoms in total. The standard InChI is InChI=1S/C6H6N4O2S.Na/c1-10-3-2(13-5(7)8-3)4(11)9-6(10)12;/h1H3,(H2,7,8)(H,9,11,12);/q;+1. The normalized spacial score (nSPS) is 10.1. The van der Waals surface area contributed by atoms with E-state index in [1.54, 1.807) is 0 Å². The Morgan fingerprint density at radius 2 is 2.14 bits per heavy atom. The summed E-state index contributed by atoms with van der Waals surface area (Å²) in [5, 5.41) is 0.279. The van der Waals surface area contributed by atoms with Gasteiger partial charge in [0.05, 0.1) is 0 Å². The van der Waals surface area contributed by atoms with E-state index in [1.807, 2.05) is 0 Å². The van der Waals surface area contributed by atoms with E-state index in [0.717, 1.165) is 11.3 Å². The fraction of sp³-hybridized carbons (Fsp3) is 0.167. The van der Waals surface area contributed by atoms with Crippen LogP contribution in [-0.2, 0) is 7.05 Å². The van der Waals surface area contributed by atoms with E-state index in [9.17, 15) is 9.59 Å². The molecule has 0 aromatic carbocycles. The van der Waals surface area contributed by atoms with Crippen molar-refractivity contribution in [3.63, 3.8) is 0 Å². The topological polar surface area (TPSA) is 93.8 Å². The van der Waals surface area contributed by atoms with Gasteiger partial charge in [0.1, 0.15) is 4.70 Å². The molecule has 0 saturated heterocycles. The first kappa shape index (κ1) is 11.4. The molecule has 2 rings (SSSR count). The van der Waals surface area contributed by atoms with Gasteiger partial charge in [0.15, 0.2) is 10.8 Å². The van der Waals surface area contributed by atoms with Crippen LogP contribution in [0.4, 0.5) is 5.13 Å². The Hall–Kier alpha value is -0.630. The molecular weight excluding hydrogens is 215 g/mol. The second-order valence-electron chi connectivity index (χ2n) is 2.52. The predicted molar refractivity (Wildman–Crippen MR) is 49.9 cm³/mol. The summed E-state index contributed by atoms with van der Waals surface area (Å²) in [7, 11) is 1.53. The molecule has 0 atom stereocenters. The third-order valence-corrected chi connectivity index (χ3v) is 2.55. The van der Waals surface area contributed by atoms with Crippen LogP contribution in [0, 0.1) is 0 Å².